The number of carboxylic acids is 1. The van der Waals surface area contributed by atoms with Crippen molar-refractivity contribution in [1.29, 1.82) is 0 Å². The molecule has 2 rings (SSSR count). The maximum atomic E-state index is 12.4. The van der Waals surface area contributed by atoms with Crippen LogP contribution in [0.1, 0.15) is 42.1 Å². The Balaban J connectivity index is 2.46. The number of hydrogen-bond acceptors (Lipinski definition) is 5. The number of rotatable bonds is 6. The highest BCUT2D eigenvalue weighted by atomic mass is 16.5. The Bertz CT molecular complexity index is 647. The zero-order valence-corrected chi connectivity index (χ0v) is 13.2. The summed E-state index contributed by atoms with van der Waals surface area (Å²) >= 11 is 0. The molecule has 1 aliphatic heterocycles. The first-order chi connectivity index (χ1) is 11.0. The molecule has 0 radical (unpaired) electrons. The molecule has 0 aromatic heterocycles. The molecular weight excluding hydrogens is 300 g/mol. The number of aliphatic carboxylic acids is 1. The van der Waals surface area contributed by atoms with E-state index in [2.05, 4.69) is 0 Å². The molecule has 23 heavy (non-hydrogen) atoms. The SMILES string of the molecule is CCC/C=C/[C@@H]1CC(=O)c2c(CC(=O)O)cc(OC)c(O)c2O1. The molecule has 0 unspecified atom stereocenters. The number of carboxylic acid groups (broad SMARTS) is 1. The molecule has 2 N–H and O–H groups in total. The van der Waals surface area contributed by atoms with Gasteiger partial charge < -0.3 is 19.7 Å². The number of phenolic OH excluding ortho intramolecular Hbond substituents is 1. The highest BCUT2D eigenvalue weighted by Crippen LogP contribution is 2.44. The van der Waals surface area contributed by atoms with Crippen LogP contribution in [-0.4, -0.2) is 35.2 Å². The molecule has 124 valence electrons. The molecule has 0 saturated heterocycles. The summed E-state index contributed by atoms with van der Waals surface area (Å²) in [6.07, 6.45) is 4.87. The Hall–Kier alpha value is -2.50. The van der Waals surface area contributed by atoms with Crippen molar-refractivity contribution in [3.05, 3.63) is 29.3 Å². The van der Waals surface area contributed by atoms with E-state index in [0.29, 0.717) is 0 Å². The summed E-state index contributed by atoms with van der Waals surface area (Å²) in [6, 6.07) is 1.37. The van der Waals surface area contributed by atoms with E-state index in [1.165, 1.54) is 13.2 Å². The summed E-state index contributed by atoms with van der Waals surface area (Å²) in [5, 5.41) is 19.2. The van der Waals surface area contributed by atoms with Crippen LogP contribution in [0.25, 0.3) is 0 Å². The van der Waals surface area contributed by atoms with Crippen LogP contribution in [0.2, 0.25) is 0 Å². The number of unbranched alkanes of at least 4 members (excludes halogenated alkanes) is 1. The van der Waals surface area contributed by atoms with Gasteiger partial charge in [-0.2, -0.15) is 0 Å². The molecule has 1 aliphatic rings. The van der Waals surface area contributed by atoms with Crippen LogP contribution in [0, 0.1) is 0 Å². The summed E-state index contributed by atoms with van der Waals surface area (Å²) in [5.74, 6) is -1.50. The first-order valence-electron chi connectivity index (χ1n) is 7.49. The highest BCUT2D eigenvalue weighted by Gasteiger charge is 2.32. The van der Waals surface area contributed by atoms with E-state index in [1.807, 2.05) is 13.0 Å². The van der Waals surface area contributed by atoms with Gasteiger partial charge >= 0.3 is 5.97 Å². The van der Waals surface area contributed by atoms with E-state index in [4.69, 9.17) is 14.6 Å². The second-order valence-electron chi connectivity index (χ2n) is 5.36. The lowest BCUT2D eigenvalue weighted by molar-refractivity contribution is -0.136. The maximum Gasteiger partial charge on any atom is 0.307 e. The molecule has 0 saturated carbocycles. The smallest absolute Gasteiger partial charge is 0.307 e. The predicted molar refractivity (Wildman–Crippen MR) is 83.4 cm³/mol. The van der Waals surface area contributed by atoms with Crippen LogP contribution in [-0.2, 0) is 11.2 Å². The van der Waals surface area contributed by atoms with Crippen LogP contribution in [0.4, 0.5) is 0 Å². The van der Waals surface area contributed by atoms with Gasteiger partial charge in [-0.3, -0.25) is 9.59 Å². The van der Waals surface area contributed by atoms with Crippen molar-refractivity contribution in [2.24, 2.45) is 0 Å². The van der Waals surface area contributed by atoms with Gasteiger partial charge in [-0.15, -0.1) is 0 Å². The van der Waals surface area contributed by atoms with E-state index >= 15 is 0 Å². The first kappa shape index (κ1) is 16.9. The van der Waals surface area contributed by atoms with Gasteiger partial charge in [0.1, 0.15) is 6.10 Å². The van der Waals surface area contributed by atoms with Crippen molar-refractivity contribution in [2.45, 2.75) is 38.7 Å². The van der Waals surface area contributed by atoms with Crippen molar-refractivity contribution < 1.29 is 29.3 Å². The predicted octanol–water partition coefficient (Wildman–Crippen LogP) is 2.72. The number of phenols is 1. The first-order valence-corrected chi connectivity index (χ1v) is 7.49. The molecule has 1 aromatic carbocycles. The maximum absolute atomic E-state index is 12.4. The van der Waals surface area contributed by atoms with Crippen molar-refractivity contribution >= 4 is 11.8 Å². The molecule has 0 fully saturated rings. The molecule has 6 heteroatoms. The average Bonchev–Trinajstić information content (AvgIpc) is 2.49. The number of benzene rings is 1. The van der Waals surface area contributed by atoms with Crippen molar-refractivity contribution in [3.63, 3.8) is 0 Å². The highest BCUT2D eigenvalue weighted by molar-refractivity contribution is 6.03. The van der Waals surface area contributed by atoms with E-state index < -0.39 is 12.1 Å². The van der Waals surface area contributed by atoms with Gasteiger partial charge in [0.05, 0.1) is 25.5 Å². The lowest BCUT2D eigenvalue weighted by atomic mass is 9.93. The Morgan fingerprint density at radius 3 is 2.87 bits per heavy atom. The molecule has 1 aromatic rings. The van der Waals surface area contributed by atoms with Gasteiger partial charge in [-0.25, -0.2) is 0 Å². The topological polar surface area (TPSA) is 93.1 Å². The number of carbonyl (C=O) groups excluding carboxylic acids is 1. The average molecular weight is 320 g/mol. The molecule has 1 atom stereocenters. The Morgan fingerprint density at radius 2 is 2.26 bits per heavy atom. The lowest BCUT2D eigenvalue weighted by Gasteiger charge is -2.26. The molecule has 0 bridgehead atoms. The minimum Gasteiger partial charge on any atom is -0.502 e. The summed E-state index contributed by atoms with van der Waals surface area (Å²) in [4.78, 5) is 23.4. The number of Topliss-reactive ketones (excluding diaryl/α,β-unsaturated/α-hetero) is 1. The number of allylic oxidation sites excluding steroid dienone is 1. The number of fused-ring (bicyclic) bond motifs is 1. The number of ketones is 1. The molecular formula is C17H20O6. The number of methoxy groups -OCH3 is 1. The second kappa shape index (κ2) is 7.17. The molecule has 0 amide bonds. The fourth-order valence-electron chi connectivity index (χ4n) is 2.55. The standard InChI is InChI=1S/C17H20O6/c1-3-4-5-6-11-9-12(18)15-10(8-14(19)20)7-13(22-2)16(21)17(15)23-11/h5-7,11,21H,3-4,8-9H2,1-2H3,(H,19,20)/b6-5+/t11-/m1/s1. The second-order valence-corrected chi connectivity index (χ2v) is 5.36. The monoisotopic (exact) mass is 320 g/mol. The summed E-state index contributed by atoms with van der Waals surface area (Å²) < 4.78 is 10.8. The van der Waals surface area contributed by atoms with Crippen LogP contribution < -0.4 is 9.47 Å². The number of aromatic hydroxyl groups is 1. The Kier molecular flexibility index (Phi) is 5.26. The quantitative estimate of drug-likeness (QED) is 0.783. The fraction of sp³-hybridized carbons (Fsp3) is 0.412. The van der Waals surface area contributed by atoms with Gasteiger partial charge in [0.25, 0.3) is 0 Å². The number of carbonyl (C=O) groups is 2. The Labute approximate surface area is 134 Å². The van der Waals surface area contributed by atoms with E-state index in [-0.39, 0.29) is 47.0 Å². The zero-order valence-electron chi connectivity index (χ0n) is 13.2. The lowest BCUT2D eigenvalue weighted by Crippen LogP contribution is -2.27. The van der Waals surface area contributed by atoms with E-state index in [1.54, 1.807) is 6.08 Å². The van der Waals surface area contributed by atoms with Gasteiger partial charge in [0, 0.05) is 0 Å². The zero-order chi connectivity index (χ0) is 17.0. The fourth-order valence-corrected chi connectivity index (χ4v) is 2.55. The van der Waals surface area contributed by atoms with Gasteiger partial charge in [0.2, 0.25) is 5.75 Å². The minimum absolute atomic E-state index is 0.00278. The van der Waals surface area contributed by atoms with Crippen LogP contribution in [0.5, 0.6) is 17.2 Å². The minimum atomic E-state index is -1.07. The third-order valence-corrected chi connectivity index (χ3v) is 3.60. The molecule has 6 nitrogen and oxygen atoms in total. The normalized spacial score (nSPS) is 17.0. The number of ether oxygens (including phenoxy) is 2. The third kappa shape index (κ3) is 3.64. The van der Waals surface area contributed by atoms with Crippen molar-refractivity contribution in [3.8, 4) is 17.2 Å². The third-order valence-electron chi connectivity index (χ3n) is 3.60. The summed E-state index contributed by atoms with van der Waals surface area (Å²) in [6.45, 7) is 2.04. The van der Waals surface area contributed by atoms with Crippen molar-refractivity contribution in [1.82, 2.24) is 0 Å². The Morgan fingerprint density at radius 1 is 1.52 bits per heavy atom. The molecule has 0 aliphatic carbocycles. The van der Waals surface area contributed by atoms with Gasteiger partial charge in [0.15, 0.2) is 17.3 Å². The van der Waals surface area contributed by atoms with Crippen molar-refractivity contribution in [2.75, 3.05) is 7.11 Å². The summed E-state index contributed by atoms with van der Waals surface area (Å²) in [7, 11) is 1.36. The van der Waals surface area contributed by atoms with Gasteiger partial charge in [-0.05, 0) is 24.1 Å². The van der Waals surface area contributed by atoms with Gasteiger partial charge in [-0.1, -0.05) is 19.4 Å². The van der Waals surface area contributed by atoms with E-state index in [0.717, 1.165) is 12.8 Å². The van der Waals surface area contributed by atoms with E-state index in [9.17, 15) is 14.7 Å². The van der Waals surface area contributed by atoms with Crippen LogP contribution in [0.3, 0.4) is 0 Å². The summed E-state index contributed by atoms with van der Waals surface area (Å²) in [5.41, 5.74) is 0.411. The van der Waals surface area contributed by atoms with Crippen LogP contribution >= 0.6 is 0 Å². The number of hydrogen-bond donors (Lipinski definition) is 2. The molecule has 0 spiro atoms. The largest absolute Gasteiger partial charge is 0.502 e. The molecule has 1 heterocycles. The van der Waals surface area contributed by atoms with Crippen LogP contribution in [0.15, 0.2) is 18.2 Å².